The summed E-state index contributed by atoms with van der Waals surface area (Å²) in [5.74, 6) is 0.433. The maximum atomic E-state index is 9.54. The Balaban J connectivity index is 0.00000104. The Morgan fingerprint density at radius 1 is 0.800 bits per heavy atom. The van der Waals surface area contributed by atoms with Gasteiger partial charge in [-0.1, -0.05) is 24.3 Å². The number of hydrogen-bond donors (Lipinski definition) is 4. The van der Waals surface area contributed by atoms with Gasteiger partial charge >= 0.3 is 6.16 Å². The van der Waals surface area contributed by atoms with Crippen LogP contribution in [0, 0.1) is 0 Å². The molecule has 0 aliphatic heterocycles. The van der Waals surface area contributed by atoms with Crippen LogP contribution in [0.1, 0.15) is 11.1 Å². The smallest absolute Gasteiger partial charge is 0.503 e. The van der Waals surface area contributed by atoms with E-state index >= 15 is 0 Å². The van der Waals surface area contributed by atoms with Gasteiger partial charge in [-0.25, -0.2) is 4.79 Å². The molecule has 0 spiro atoms. The minimum atomic E-state index is -1.83. The number of aliphatic imine (C=N–C) groups is 2. The molecule has 0 atom stereocenters. The number of carbonyl (C=O) groups is 1. The van der Waals surface area contributed by atoms with E-state index in [9.17, 15) is 10.2 Å². The van der Waals surface area contributed by atoms with Gasteiger partial charge in [-0.3, -0.25) is 9.98 Å². The van der Waals surface area contributed by atoms with Crippen molar-refractivity contribution in [1.29, 1.82) is 0 Å². The molecule has 0 aliphatic rings. The number of phenolic OH excluding ortho intramolecular Hbond substituents is 2. The van der Waals surface area contributed by atoms with Crippen molar-refractivity contribution in [3.05, 3.63) is 59.7 Å². The zero-order chi connectivity index (χ0) is 17.8. The van der Waals surface area contributed by atoms with Gasteiger partial charge in [-0.15, -0.1) is 0 Å². The molecule has 0 aliphatic carbocycles. The van der Waals surface area contributed by atoms with E-state index in [1.54, 1.807) is 48.8 Å². The van der Waals surface area contributed by atoms with Crippen LogP contribution in [0.25, 0.3) is 0 Å². The first-order valence-corrected chi connectivity index (χ1v) is 6.98. The van der Waals surface area contributed by atoms with Crippen molar-refractivity contribution >= 4 is 18.6 Å². The van der Waals surface area contributed by atoms with E-state index in [0.29, 0.717) is 24.2 Å². The van der Waals surface area contributed by atoms with Crippen molar-refractivity contribution in [2.75, 3.05) is 13.1 Å². The van der Waals surface area contributed by atoms with Crippen LogP contribution in [0.3, 0.4) is 0 Å². The summed E-state index contributed by atoms with van der Waals surface area (Å²) in [6, 6.07) is 14.1. The second-order valence-electron chi connectivity index (χ2n) is 4.47. The van der Waals surface area contributed by atoms with Crippen LogP contribution in [0.4, 0.5) is 4.79 Å². The summed E-state index contributed by atoms with van der Waals surface area (Å²) in [5.41, 5.74) is 1.38. The van der Waals surface area contributed by atoms with Gasteiger partial charge in [0.15, 0.2) is 0 Å². The molecule has 0 fully saturated rings. The molecule has 2 aromatic rings. The van der Waals surface area contributed by atoms with Crippen LogP contribution in [0.5, 0.6) is 11.5 Å². The third-order valence-electron chi connectivity index (χ3n) is 2.69. The summed E-state index contributed by atoms with van der Waals surface area (Å²) < 4.78 is 0. The normalized spacial score (nSPS) is 10.1. The average Bonchev–Trinajstić information content (AvgIpc) is 2.53. The Morgan fingerprint density at radius 3 is 1.44 bits per heavy atom. The molecule has 135 valence electrons. The Hall–Kier alpha value is -2.84. The molecular weight excluding hydrogens is 371 g/mol. The zero-order valence-corrected chi connectivity index (χ0v) is 14.2. The summed E-state index contributed by atoms with van der Waals surface area (Å²) >= 11 is 0. The minimum Gasteiger partial charge on any atom is -0.507 e. The van der Waals surface area contributed by atoms with Crippen molar-refractivity contribution < 1.29 is 42.0 Å². The van der Waals surface area contributed by atoms with Crippen LogP contribution in [-0.4, -0.2) is 52.1 Å². The number of aromatic hydroxyl groups is 2. The topological polar surface area (TPSA) is 123 Å². The summed E-state index contributed by atoms with van der Waals surface area (Å²) in [4.78, 5) is 16.9. The van der Waals surface area contributed by atoms with Gasteiger partial charge in [-0.2, -0.15) is 0 Å². The Labute approximate surface area is 155 Å². The molecule has 1 radical (unpaired) electrons. The van der Waals surface area contributed by atoms with E-state index in [1.807, 2.05) is 12.1 Å². The van der Waals surface area contributed by atoms with Gasteiger partial charge in [0, 0.05) is 40.3 Å². The van der Waals surface area contributed by atoms with Crippen LogP contribution in [0.15, 0.2) is 58.5 Å². The SMILES string of the molecule is O=C(O)O.Oc1ccccc1/C=N/CC/N=C/c1ccccc1O.[Co]. The second kappa shape index (κ2) is 12.6. The Morgan fingerprint density at radius 2 is 1.12 bits per heavy atom. The van der Waals surface area contributed by atoms with Gasteiger partial charge in [0.1, 0.15) is 11.5 Å². The maximum absolute atomic E-state index is 9.54. The molecule has 0 heterocycles. The predicted octanol–water partition coefficient (Wildman–Crippen LogP) is 2.86. The first kappa shape index (κ1) is 22.2. The van der Waals surface area contributed by atoms with E-state index in [0.717, 1.165) is 0 Å². The van der Waals surface area contributed by atoms with Crippen molar-refractivity contribution in [3.63, 3.8) is 0 Å². The van der Waals surface area contributed by atoms with Crippen LogP contribution >= 0.6 is 0 Å². The number of benzene rings is 2. The molecule has 0 unspecified atom stereocenters. The molecule has 8 heteroatoms. The molecule has 0 aromatic heterocycles. The van der Waals surface area contributed by atoms with E-state index in [2.05, 4.69) is 9.98 Å². The fourth-order valence-electron chi connectivity index (χ4n) is 1.63. The summed E-state index contributed by atoms with van der Waals surface area (Å²) in [7, 11) is 0. The third-order valence-corrected chi connectivity index (χ3v) is 2.69. The number of carboxylic acid groups (broad SMARTS) is 2. The van der Waals surface area contributed by atoms with E-state index in [1.165, 1.54) is 0 Å². The van der Waals surface area contributed by atoms with Gasteiger partial charge in [0.05, 0.1) is 13.1 Å². The number of para-hydroxylation sites is 2. The molecule has 0 bridgehead atoms. The summed E-state index contributed by atoms with van der Waals surface area (Å²) in [5, 5.41) is 33.0. The molecular formula is C17H18CoN2O5. The second-order valence-corrected chi connectivity index (χ2v) is 4.47. The summed E-state index contributed by atoms with van der Waals surface area (Å²) in [6.07, 6.45) is 1.43. The van der Waals surface area contributed by atoms with Crippen molar-refractivity contribution in [2.24, 2.45) is 9.98 Å². The van der Waals surface area contributed by atoms with Gasteiger partial charge in [0.2, 0.25) is 0 Å². The number of rotatable bonds is 5. The van der Waals surface area contributed by atoms with Crippen molar-refractivity contribution in [2.45, 2.75) is 0 Å². The first-order chi connectivity index (χ1) is 11.5. The van der Waals surface area contributed by atoms with Crippen molar-refractivity contribution in [3.8, 4) is 11.5 Å². The molecule has 2 aromatic carbocycles. The number of hydrogen-bond acceptors (Lipinski definition) is 5. The molecule has 25 heavy (non-hydrogen) atoms. The molecule has 0 saturated heterocycles. The molecule has 0 saturated carbocycles. The third kappa shape index (κ3) is 9.79. The maximum Gasteiger partial charge on any atom is 0.503 e. The largest absolute Gasteiger partial charge is 0.507 e. The van der Waals surface area contributed by atoms with Gasteiger partial charge in [0.25, 0.3) is 0 Å². The predicted molar refractivity (Wildman–Crippen MR) is 91.8 cm³/mol. The van der Waals surface area contributed by atoms with E-state index < -0.39 is 6.16 Å². The first-order valence-electron chi connectivity index (χ1n) is 6.98. The fraction of sp³-hybridized carbons (Fsp3) is 0.118. The van der Waals surface area contributed by atoms with Crippen LogP contribution in [-0.2, 0) is 16.8 Å². The molecule has 7 nitrogen and oxygen atoms in total. The fourth-order valence-corrected chi connectivity index (χ4v) is 1.63. The average molecular weight is 389 g/mol. The number of phenols is 2. The monoisotopic (exact) mass is 389 g/mol. The Bertz CT molecular complexity index is 660. The quantitative estimate of drug-likeness (QED) is 0.463. The molecule has 0 amide bonds. The zero-order valence-electron chi connectivity index (χ0n) is 13.1. The molecule has 2 rings (SSSR count). The summed E-state index contributed by atoms with van der Waals surface area (Å²) in [6.45, 7) is 1.05. The van der Waals surface area contributed by atoms with Gasteiger partial charge < -0.3 is 20.4 Å². The van der Waals surface area contributed by atoms with Crippen LogP contribution < -0.4 is 0 Å². The Kier molecular flexibility index (Phi) is 11.1. The van der Waals surface area contributed by atoms with E-state index in [-0.39, 0.29) is 28.3 Å². The number of nitrogens with zero attached hydrogens (tertiary/aromatic N) is 2. The van der Waals surface area contributed by atoms with E-state index in [4.69, 9.17) is 15.0 Å². The van der Waals surface area contributed by atoms with Crippen molar-refractivity contribution in [1.82, 2.24) is 0 Å². The molecule has 4 N–H and O–H groups in total. The standard InChI is InChI=1S/C16H16N2O2.CH2O3.Co/c19-15-7-3-1-5-13(15)11-17-9-10-18-12-14-6-2-4-8-16(14)20;2-1(3)4;/h1-8,11-12,19-20H,9-10H2;(H2,2,3,4);/b17-11+,18-12+;;. The van der Waals surface area contributed by atoms with Gasteiger partial charge in [-0.05, 0) is 24.3 Å². The van der Waals surface area contributed by atoms with Crippen LogP contribution in [0.2, 0.25) is 0 Å². The minimum absolute atomic E-state index is 0.